The number of aliphatic carboxylic acids is 1. The van der Waals surface area contributed by atoms with E-state index in [2.05, 4.69) is 10.3 Å². The van der Waals surface area contributed by atoms with Crippen LogP contribution in [-0.4, -0.2) is 28.0 Å². The lowest BCUT2D eigenvalue weighted by Crippen LogP contribution is -2.40. The lowest BCUT2D eigenvalue weighted by atomic mass is 10.0. The van der Waals surface area contributed by atoms with Gasteiger partial charge in [-0.25, -0.2) is 4.98 Å². The average molecular weight is 271 g/mol. The van der Waals surface area contributed by atoms with E-state index in [4.69, 9.17) is 16.7 Å². The number of hydrogen-bond acceptors (Lipinski definition) is 3. The summed E-state index contributed by atoms with van der Waals surface area (Å²) >= 11 is 5.76. The molecular weight excluding hydrogens is 256 g/mol. The summed E-state index contributed by atoms with van der Waals surface area (Å²) in [7, 11) is 0. The van der Waals surface area contributed by atoms with Crippen molar-refractivity contribution in [3.63, 3.8) is 0 Å². The zero-order valence-corrected chi connectivity index (χ0v) is 11.2. The van der Waals surface area contributed by atoms with Crippen molar-refractivity contribution in [1.82, 2.24) is 10.3 Å². The second-order valence-electron chi connectivity index (χ2n) is 4.21. The Kier molecular flexibility index (Phi) is 4.67. The first kappa shape index (κ1) is 14.4. The predicted molar refractivity (Wildman–Crippen MR) is 67.7 cm³/mol. The summed E-state index contributed by atoms with van der Waals surface area (Å²) in [5, 5.41) is 11.7. The third kappa shape index (κ3) is 3.70. The molecule has 0 saturated heterocycles. The first-order valence-corrected chi connectivity index (χ1v) is 5.87. The second kappa shape index (κ2) is 5.82. The highest BCUT2D eigenvalue weighted by Gasteiger charge is 2.21. The number of rotatable bonds is 4. The van der Waals surface area contributed by atoms with E-state index in [1.54, 1.807) is 19.9 Å². The maximum atomic E-state index is 11.9. The molecule has 2 unspecified atom stereocenters. The monoisotopic (exact) mass is 270 g/mol. The molecule has 0 aromatic carbocycles. The van der Waals surface area contributed by atoms with Gasteiger partial charge in [-0.2, -0.15) is 0 Å². The molecule has 0 saturated carbocycles. The fraction of sp³-hybridized carbons (Fsp3) is 0.417. The van der Waals surface area contributed by atoms with Crippen LogP contribution in [0.25, 0.3) is 0 Å². The number of aryl methyl sites for hydroxylation is 1. The fourth-order valence-corrected chi connectivity index (χ4v) is 1.64. The molecule has 2 N–H and O–H groups in total. The molecule has 0 bridgehead atoms. The smallest absolute Gasteiger partial charge is 0.308 e. The van der Waals surface area contributed by atoms with Crippen LogP contribution >= 0.6 is 11.6 Å². The molecule has 0 aliphatic heterocycles. The maximum Gasteiger partial charge on any atom is 0.308 e. The van der Waals surface area contributed by atoms with Crippen LogP contribution in [0.2, 0.25) is 5.15 Å². The van der Waals surface area contributed by atoms with Gasteiger partial charge in [-0.05, 0) is 32.9 Å². The van der Waals surface area contributed by atoms with Crippen LogP contribution in [0.15, 0.2) is 12.1 Å². The molecule has 0 aliphatic carbocycles. The van der Waals surface area contributed by atoms with Crippen molar-refractivity contribution in [2.24, 2.45) is 5.92 Å². The minimum atomic E-state index is -0.952. The number of amides is 1. The van der Waals surface area contributed by atoms with E-state index in [1.807, 2.05) is 0 Å². The average Bonchev–Trinajstić information content (AvgIpc) is 2.26. The SMILES string of the molecule is Cc1cc(C(=O)NC(C)C(C)C(=O)O)cc(Cl)n1. The quantitative estimate of drug-likeness (QED) is 0.819. The van der Waals surface area contributed by atoms with Crippen molar-refractivity contribution < 1.29 is 14.7 Å². The number of nitrogens with one attached hydrogen (secondary N) is 1. The predicted octanol–water partition coefficient (Wildman–Crippen LogP) is 1.88. The number of aromatic nitrogens is 1. The van der Waals surface area contributed by atoms with Crippen molar-refractivity contribution in [3.8, 4) is 0 Å². The fourth-order valence-electron chi connectivity index (χ4n) is 1.39. The Morgan fingerprint density at radius 3 is 2.50 bits per heavy atom. The molecule has 1 aromatic rings. The maximum absolute atomic E-state index is 11.9. The van der Waals surface area contributed by atoms with E-state index >= 15 is 0 Å². The van der Waals surface area contributed by atoms with Gasteiger partial charge in [0, 0.05) is 17.3 Å². The Morgan fingerprint density at radius 1 is 1.39 bits per heavy atom. The standard InChI is InChI=1S/C12H15ClN2O3/c1-6-4-9(5-10(13)14-6)11(16)15-8(3)7(2)12(17)18/h4-5,7-8H,1-3H3,(H,15,16)(H,17,18). The number of carbonyl (C=O) groups is 2. The third-order valence-corrected chi connectivity index (χ3v) is 2.88. The number of halogens is 1. The topological polar surface area (TPSA) is 79.3 Å². The van der Waals surface area contributed by atoms with Crippen molar-refractivity contribution in [2.75, 3.05) is 0 Å². The second-order valence-corrected chi connectivity index (χ2v) is 4.60. The summed E-state index contributed by atoms with van der Waals surface area (Å²) < 4.78 is 0. The molecule has 1 heterocycles. The van der Waals surface area contributed by atoms with E-state index in [0.29, 0.717) is 11.3 Å². The van der Waals surface area contributed by atoms with Gasteiger partial charge < -0.3 is 10.4 Å². The van der Waals surface area contributed by atoms with E-state index in [9.17, 15) is 9.59 Å². The van der Waals surface area contributed by atoms with Crippen LogP contribution in [0.4, 0.5) is 0 Å². The minimum Gasteiger partial charge on any atom is -0.481 e. The molecule has 6 heteroatoms. The van der Waals surface area contributed by atoms with Gasteiger partial charge in [0.1, 0.15) is 5.15 Å². The van der Waals surface area contributed by atoms with Gasteiger partial charge in [0.05, 0.1) is 5.92 Å². The Labute approximate surface area is 110 Å². The van der Waals surface area contributed by atoms with E-state index in [1.165, 1.54) is 13.0 Å². The molecule has 0 spiro atoms. The van der Waals surface area contributed by atoms with Gasteiger partial charge in [0.25, 0.3) is 5.91 Å². The van der Waals surface area contributed by atoms with Crippen LogP contribution in [0.3, 0.4) is 0 Å². The van der Waals surface area contributed by atoms with Gasteiger partial charge in [0.2, 0.25) is 0 Å². The summed E-state index contributed by atoms with van der Waals surface area (Å²) in [4.78, 5) is 26.6. The summed E-state index contributed by atoms with van der Waals surface area (Å²) in [5.41, 5.74) is 1.00. The first-order valence-electron chi connectivity index (χ1n) is 5.49. The van der Waals surface area contributed by atoms with Crippen molar-refractivity contribution in [1.29, 1.82) is 0 Å². The lowest BCUT2D eigenvalue weighted by Gasteiger charge is -2.17. The van der Waals surface area contributed by atoms with Gasteiger partial charge in [-0.15, -0.1) is 0 Å². The Balaban J connectivity index is 2.79. The molecule has 0 radical (unpaired) electrons. The number of carboxylic acids is 1. The van der Waals surface area contributed by atoms with Crippen LogP contribution in [0.5, 0.6) is 0 Å². The number of hydrogen-bond donors (Lipinski definition) is 2. The Hall–Kier alpha value is -1.62. The molecule has 1 amide bonds. The number of carbonyl (C=O) groups excluding carboxylic acids is 1. The van der Waals surface area contributed by atoms with Crippen molar-refractivity contribution >= 4 is 23.5 Å². The molecule has 1 aromatic heterocycles. The number of nitrogens with zero attached hydrogens (tertiary/aromatic N) is 1. The summed E-state index contributed by atoms with van der Waals surface area (Å²) in [6.45, 7) is 4.91. The molecule has 1 rings (SSSR count). The molecule has 98 valence electrons. The van der Waals surface area contributed by atoms with Crippen LogP contribution in [-0.2, 0) is 4.79 Å². The lowest BCUT2D eigenvalue weighted by molar-refractivity contribution is -0.141. The first-order chi connectivity index (χ1) is 8.31. The van der Waals surface area contributed by atoms with Crippen LogP contribution in [0, 0.1) is 12.8 Å². The van der Waals surface area contributed by atoms with E-state index < -0.39 is 17.9 Å². The van der Waals surface area contributed by atoms with Crippen molar-refractivity contribution in [3.05, 3.63) is 28.5 Å². The largest absolute Gasteiger partial charge is 0.481 e. The van der Waals surface area contributed by atoms with Gasteiger partial charge >= 0.3 is 5.97 Å². The van der Waals surface area contributed by atoms with Gasteiger partial charge in [-0.1, -0.05) is 11.6 Å². The number of carboxylic acid groups (broad SMARTS) is 1. The molecule has 18 heavy (non-hydrogen) atoms. The molecule has 5 nitrogen and oxygen atoms in total. The normalized spacial score (nSPS) is 13.8. The Morgan fingerprint density at radius 2 is 2.00 bits per heavy atom. The van der Waals surface area contributed by atoms with Crippen molar-refractivity contribution in [2.45, 2.75) is 26.8 Å². The molecule has 0 fully saturated rings. The van der Waals surface area contributed by atoms with Crippen LogP contribution < -0.4 is 5.32 Å². The molecular formula is C12H15ClN2O3. The summed E-state index contributed by atoms with van der Waals surface area (Å²) in [6.07, 6.45) is 0. The minimum absolute atomic E-state index is 0.235. The van der Waals surface area contributed by atoms with Gasteiger partial charge in [-0.3, -0.25) is 9.59 Å². The van der Waals surface area contributed by atoms with E-state index in [-0.39, 0.29) is 11.1 Å². The highest BCUT2D eigenvalue weighted by Crippen LogP contribution is 2.11. The summed E-state index contributed by atoms with van der Waals surface area (Å²) in [6, 6.07) is 2.57. The zero-order chi connectivity index (χ0) is 13.9. The third-order valence-electron chi connectivity index (χ3n) is 2.68. The van der Waals surface area contributed by atoms with Crippen LogP contribution in [0.1, 0.15) is 29.9 Å². The number of pyridine rings is 1. The molecule has 2 atom stereocenters. The Bertz CT molecular complexity index is 456. The summed E-state index contributed by atoms with van der Waals surface area (Å²) in [5.74, 6) is -1.97. The van der Waals surface area contributed by atoms with E-state index in [0.717, 1.165) is 0 Å². The highest BCUT2D eigenvalue weighted by molar-refractivity contribution is 6.29. The van der Waals surface area contributed by atoms with Gasteiger partial charge in [0.15, 0.2) is 0 Å². The highest BCUT2D eigenvalue weighted by atomic mass is 35.5. The zero-order valence-electron chi connectivity index (χ0n) is 10.4. The molecule has 0 aliphatic rings.